The second-order valence-electron chi connectivity index (χ2n) is 6.32. The maximum atomic E-state index is 12.7. The molecule has 0 aromatic carbocycles. The Bertz CT molecular complexity index is 370. The van der Waals surface area contributed by atoms with Crippen LogP contribution in [0.5, 0.6) is 0 Å². The number of piperidine rings is 1. The number of rotatable bonds is 4. The molecular weight excluding hydrogens is 254 g/mol. The number of carbonyl (C=O) groups excluding carboxylic acids is 2. The van der Waals surface area contributed by atoms with Crippen molar-refractivity contribution in [2.24, 2.45) is 0 Å². The van der Waals surface area contributed by atoms with Crippen LogP contribution in [0, 0.1) is 0 Å². The summed E-state index contributed by atoms with van der Waals surface area (Å²) in [6.07, 6.45) is 4.36. The Morgan fingerprint density at radius 2 is 2.00 bits per heavy atom. The first-order chi connectivity index (χ1) is 9.50. The molecule has 2 amide bonds. The molecule has 0 N–H and O–H groups in total. The molecule has 2 aliphatic heterocycles. The molecule has 5 nitrogen and oxygen atoms in total. The molecule has 2 aliphatic rings. The van der Waals surface area contributed by atoms with Gasteiger partial charge in [0.25, 0.3) is 0 Å². The maximum Gasteiger partial charge on any atom is 0.245 e. The lowest BCUT2D eigenvalue weighted by Crippen LogP contribution is -2.51. The van der Waals surface area contributed by atoms with Crippen LogP contribution in [0.1, 0.15) is 39.0 Å². The smallest absolute Gasteiger partial charge is 0.245 e. The number of amides is 2. The topological polar surface area (TPSA) is 43.9 Å². The van der Waals surface area contributed by atoms with Gasteiger partial charge in [0.15, 0.2) is 0 Å². The minimum atomic E-state index is -0.194. The molecule has 0 radical (unpaired) electrons. The molecule has 2 fully saturated rings. The van der Waals surface area contributed by atoms with E-state index in [4.69, 9.17) is 0 Å². The summed E-state index contributed by atoms with van der Waals surface area (Å²) in [6.45, 7) is 4.41. The third-order valence-electron chi connectivity index (χ3n) is 4.48. The molecule has 2 rings (SSSR count). The predicted octanol–water partition coefficient (Wildman–Crippen LogP) is 0.940. The van der Waals surface area contributed by atoms with Crippen LogP contribution in [0.2, 0.25) is 0 Å². The van der Waals surface area contributed by atoms with Gasteiger partial charge in [-0.3, -0.25) is 9.59 Å². The van der Waals surface area contributed by atoms with Crippen molar-refractivity contribution in [1.82, 2.24) is 14.7 Å². The van der Waals surface area contributed by atoms with Gasteiger partial charge in [-0.05, 0) is 53.2 Å². The van der Waals surface area contributed by atoms with Gasteiger partial charge in [0.2, 0.25) is 11.8 Å². The first-order valence-electron chi connectivity index (χ1n) is 7.75. The minimum Gasteiger partial charge on any atom is -0.338 e. The zero-order valence-electron chi connectivity index (χ0n) is 13.0. The predicted molar refractivity (Wildman–Crippen MR) is 78.3 cm³/mol. The van der Waals surface area contributed by atoms with Gasteiger partial charge in [-0.25, -0.2) is 0 Å². The van der Waals surface area contributed by atoms with E-state index in [9.17, 15) is 9.59 Å². The van der Waals surface area contributed by atoms with Crippen molar-refractivity contribution in [2.45, 2.75) is 51.1 Å². The van der Waals surface area contributed by atoms with Crippen LogP contribution in [0.3, 0.4) is 0 Å². The average molecular weight is 281 g/mol. The number of hydrogen-bond acceptors (Lipinski definition) is 3. The summed E-state index contributed by atoms with van der Waals surface area (Å²) in [4.78, 5) is 30.8. The molecule has 2 unspecified atom stereocenters. The molecule has 2 saturated heterocycles. The van der Waals surface area contributed by atoms with E-state index in [0.29, 0.717) is 13.0 Å². The summed E-state index contributed by atoms with van der Waals surface area (Å²) in [5.41, 5.74) is 0. The Kier molecular flexibility index (Phi) is 5.02. The highest BCUT2D eigenvalue weighted by Crippen LogP contribution is 2.24. The highest BCUT2D eigenvalue weighted by Gasteiger charge is 2.38. The van der Waals surface area contributed by atoms with Crippen molar-refractivity contribution >= 4 is 11.8 Å². The second kappa shape index (κ2) is 6.57. The summed E-state index contributed by atoms with van der Waals surface area (Å²) in [5, 5.41) is 0. The Morgan fingerprint density at radius 3 is 2.70 bits per heavy atom. The summed E-state index contributed by atoms with van der Waals surface area (Å²) in [6, 6.07) is 0.0140. The lowest BCUT2D eigenvalue weighted by molar-refractivity contribution is -0.144. The van der Waals surface area contributed by atoms with Gasteiger partial charge >= 0.3 is 0 Å². The van der Waals surface area contributed by atoms with Crippen LogP contribution >= 0.6 is 0 Å². The van der Waals surface area contributed by atoms with Crippen LogP contribution < -0.4 is 0 Å². The second-order valence-corrected chi connectivity index (χ2v) is 6.32. The lowest BCUT2D eigenvalue weighted by Gasteiger charge is -2.36. The Morgan fingerprint density at radius 1 is 1.25 bits per heavy atom. The molecule has 0 aromatic heterocycles. The average Bonchev–Trinajstić information content (AvgIpc) is 2.56. The van der Waals surface area contributed by atoms with E-state index in [1.165, 1.54) is 0 Å². The van der Waals surface area contributed by atoms with Gasteiger partial charge < -0.3 is 14.7 Å². The van der Waals surface area contributed by atoms with Gasteiger partial charge in [0.1, 0.15) is 6.04 Å². The van der Waals surface area contributed by atoms with Gasteiger partial charge in [-0.15, -0.1) is 0 Å². The molecule has 2 heterocycles. The zero-order chi connectivity index (χ0) is 14.7. The quantitative estimate of drug-likeness (QED) is 0.770. The minimum absolute atomic E-state index is 0.158. The van der Waals surface area contributed by atoms with E-state index >= 15 is 0 Å². The van der Waals surface area contributed by atoms with Crippen molar-refractivity contribution in [3.8, 4) is 0 Å². The monoisotopic (exact) mass is 281 g/mol. The Labute approximate surface area is 121 Å². The van der Waals surface area contributed by atoms with Crippen molar-refractivity contribution in [3.05, 3.63) is 0 Å². The van der Waals surface area contributed by atoms with E-state index in [-0.39, 0.29) is 23.9 Å². The Balaban J connectivity index is 2.06. The van der Waals surface area contributed by atoms with Crippen LogP contribution in [0.25, 0.3) is 0 Å². The number of carbonyl (C=O) groups is 2. The molecule has 0 aromatic rings. The third kappa shape index (κ3) is 3.32. The van der Waals surface area contributed by atoms with E-state index in [2.05, 4.69) is 11.8 Å². The third-order valence-corrected chi connectivity index (χ3v) is 4.48. The normalized spacial score (nSPS) is 25.7. The van der Waals surface area contributed by atoms with E-state index < -0.39 is 0 Å². The summed E-state index contributed by atoms with van der Waals surface area (Å²) >= 11 is 0. The molecule has 2 atom stereocenters. The van der Waals surface area contributed by atoms with Gasteiger partial charge in [-0.1, -0.05) is 0 Å². The van der Waals surface area contributed by atoms with E-state index in [1.807, 2.05) is 23.9 Å². The first-order valence-corrected chi connectivity index (χ1v) is 7.75. The van der Waals surface area contributed by atoms with Crippen LogP contribution in [-0.2, 0) is 9.59 Å². The van der Waals surface area contributed by atoms with Crippen molar-refractivity contribution in [3.63, 3.8) is 0 Å². The van der Waals surface area contributed by atoms with Crippen molar-refractivity contribution < 1.29 is 9.59 Å². The van der Waals surface area contributed by atoms with Gasteiger partial charge in [0, 0.05) is 25.6 Å². The summed E-state index contributed by atoms with van der Waals surface area (Å²) in [7, 11) is 4.09. The molecule has 0 bridgehead atoms. The molecular formula is C15H27N3O2. The molecule has 5 heteroatoms. The maximum absolute atomic E-state index is 12.7. The first kappa shape index (κ1) is 15.3. The van der Waals surface area contributed by atoms with Gasteiger partial charge in [0.05, 0.1) is 0 Å². The molecule has 0 saturated carbocycles. The largest absolute Gasteiger partial charge is 0.338 e. The molecule has 114 valence electrons. The fraction of sp³-hybridized carbons (Fsp3) is 0.867. The highest BCUT2D eigenvalue weighted by molar-refractivity contribution is 5.90. The number of fused-ring (bicyclic) bond motifs is 1. The number of nitrogens with zero attached hydrogens (tertiary/aromatic N) is 3. The van der Waals surface area contributed by atoms with Crippen molar-refractivity contribution in [1.29, 1.82) is 0 Å². The lowest BCUT2D eigenvalue weighted by atomic mass is 10.0. The fourth-order valence-corrected chi connectivity index (χ4v) is 3.19. The molecule has 0 spiro atoms. The SMILES string of the molecule is CC(CCN(C)C)N1CCC(=O)N2CCCCC2C1=O. The molecule has 0 aliphatic carbocycles. The van der Waals surface area contributed by atoms with Crippen molar-refractivity contribution in [2.75, 3.05) is 33.7 Å². The summed E-state index contributed by atoms with van der Waals surface area (Å²) < 4.78 is 0. The summed E-state index contributed by atoms with van der Waals surface area (Å²) in [5.74, 6) is 0.326. The highest BCUT2D eigenvalue weighted by atomic mass is 16.2. The fourth-order valence-electron chi connectivity index (χ4n) is 3.19. The van der Waals surface area contributed by atoms with E-state index in [0.717, 1.165) is 38.8 Å². The van der Waals surface area contributed by atoms with Crippen LogP contribution in [0.15, 0.2) is 0 Å². The van der Waals surface area contributed by atoms with Gasteiger partial charge in [-0.2, -0.15) is 0 Å². The molecule has 20 heavy (non-hydrogen) atoms. The zero-order valence-corrected chi connectivity index (χ0v) is 13.0. The Hall–Kier alpha value is -1.10. The van der Waals surface area contributed by atoms with Crippen LogP contribution in [-0.4, -0.2) is 72.3 Å². The standard InChI is InChI=1S/C15H27N3O2/c1-12(7-10-16(2)3)17-11-8-14(19)18-9-5-4-6-13(18)15(17)20/h12-13H,4-11H2,1-3H3. The van der Waals surface area contributed by atoms with E-state index in [1.54, 1.807) is 0 Å². The number of hydrogen-bond donors (Lipinski definition) is 0. The van der Waals surface area contributed by atoms with Crippen LogP contribution in [0.4, 0.5) is 0 Å².